The summed E-state index contributed by atoms with van der Waals surface area (Å²) in [7, 11) is 0. The summed E-state index contributed by atoms with van der Waals surface area (Å²) in [6, 6.07) is 0. The molecule has 2 saturated heterocycles. The Labute approximate surface area is 135 Å². The Morgan fingerprint density at radius 2 is 1.81 bits per heavy atom. The van der Waals surface area contributed by atoms with Crippen molar-refractivity contribution >= 4 is 11.8 Å². The highest BCUT2D eigenvalue weighted by atomic mass is 32.2. The maximum Gasteiger partial charge on any atom is 0.0701 e. The molecule has 3 fully saturated rings. The quantitative estimate of drug-likeness (QED) is 0.840. The lowest BCUT2D eigenvalue weighted by atomic mass is 9.64. The minimum Gasteiger partial charge on any atom is -0.375 e. The molecule has 1 spiro atoms. The van der Waals surface area contributed by atoms with Crippen LogP contribution in [0.2, 0.25) is 0 Å². The van der Waals surface area contributed by atoms with Crippen LogP contribution in [0, 0.1) is 11.8 Å². The average molecular weight is 312 g/mol. The summed E-state index contributed by atoms with van der Waals surface area (Å²) in [4.78, 5) is 0. The fourth-order valence-corrected chi connectivity index (χ4v) is 6.17. The van der Waals surface area contributed by atoms with E-state index in [4.69, 9.17) is 10.5 Å². The molecule has 3 aliphatic rings. The van der Waals surface area contributed by atoms with Crippen LogP contribution in [0.4, 0.5) is 0 Å². The Hall–Kier alpha value is 0.270. The van der Waals surface area contributed by atoms with Gasteiger partial charge in [-0.05, 0) is 74.7 Å². The SMILES string of the molecule is CCCC1CCC(N)(C2CCOC3(CCSCC3)C2)CC1. The van der Waals surface area contributed by atoms with Gasteiger partial charge in [0.25, 0.3) is 0 Å². The zero-order chi connectivity index (χ0) is 14.8. The van der Waals surface area contributed by atoms with Gasteiger partial charge in [0, 0.05) is 12.1 Å². The van der Waals surface area contributed by atoms with Gasteiger partial charge >= 0.3 is 0 Å². The van der Waals surface area contributed by atoms with Crippen LogP contribution in [0.1, 0.15) is 71.1 Å². The third-order valence-electron chi connectivity index (χ3n) is 6.44. The van der Waals surface area contributed by atoms with Crippen molar-refractivity contribution in [2.24, 2.45) is 17.6 Å². The molecule has 1 aliphatic carbocycles. The van der Waals surface area contributed by atoms with Gasteiger partial charge in [0.15, 0.2) is 0 Å². The zero-order valence-corrected chi connectivity index (χ0v) is 14.6. The molecule has 0 aromatic heterocycles. The van der Waals surface area contributed by atoms with Crippen LogP contribution in [0.25, 0.3) is 0 Å². The molecular formula is C18H33NOS. The van der Waals surface area contributed by atoms with Crippen molar-refractivity contribution in [3.05, 3.63) is 0 Å². The van der Waals surface area contributed by atoms with Crippen LogP contribution in [0.15, 0.2) is 0 Å². The molecule has 0 aromatic carbocycles. The minimum atomic E-state index is 0.117. The van der Waals surface area contributed by atoms with E-state index in [2.05, 4.69) is 18.7 Å². The lowest BCUT2D eigenvalue weighted by Crippen LogP contribution is -2.55. The van der Waals surface area contributed by atoms with Crippen LogP contribution >= 0.6 is 11.8 Å². The number of nitrogens with two attached hydrogens (primary N) is 1. The number of thioether (sulfide) groups is 1. The highest BCUT2D eigenvalue weighted by Crippen LogP contribution is 2.47. The Kier molecular flexibility index (Phi) is 5.23. The highest BCUT2D eigenvalue weighted by molar-refractivity contribution is 7.99. The lowest BCUT2D eigenvalue weighted by molar-refractivity contribution is -0.117. The first-order valence-corrected chi connectivity index (χ1v) is 10.3. The van der Waals surface area contributed by atoms with Gasteiger partial charge in [-0.1, -0.05) is 19.8 Å². The number of ether oxygens (including phenoxy) is 1. The van der Waals surface area contributed by atoms with Gasteiger partial charge in [0.1, 0.15) is 0 Å². The predicted molar refractivity (Wildman–Crippen MR) is 91.8 cm³/mol. The van der Waals surface area contributed by atoms with Crippen molar-refractivity contribution in [3.63, 3.8) is 0 Å². The molecule has 2 N–H and O–H groups in total. The topological polar surface area (TPSA) is 35.2 Å². The van der Waals surface area contributed by atoms with E-state index in [0.717, 1.165) is 12.5 Å². The Morgan fingerprint density at radius 3 is 2.48 bits per heavy atom. The van der Waals surface area contributed by atoms with E-state index in [-0.39, 0.29) is 11.1 Å². The maximum absolute atomic E-state index is 6.92. The van der Waals surface area contributed by atoms with E-state index in [1.165, 1.54) is 75.7 Å². The van der Waals surface area contributed by atoms with E-state index in [0.29, 0.717) is 5.92 Å². The first kappa shape index (κ1) is 16.1. The van der Waals surface area contributed by atoms with Crippen LogP contribution < -0.4 is 5.73 Å². The van der Waals surface area contributed by atoms with Crippen molar-refractivity contribution in [2.45, 2.75) is 82.3 Å². The van der Waals surface area contributed by atoms with Gasteiger partial charge in [-0.2, -0.15) is 11.8 Å². The van der Waals surface area contributed by atoms with Crippen LogP contribution in [-0.4, -0.2) is 29.3 Å². The van der Waals surface area contributed by atoms with E-state index in [9.17, 15) is 0 Å². The molecule has 1 atom stereocenters. The van der Waals surface area contributed by atoms with Gasteiger partial charge in [0.05, 0.1) is 5.60 Å². The Bertz CT molecular complexity index is 327. The first-order valence-electron chi connectivity index (χ1n) is 9.16. The molecule has 3 heteroatoms. The van der Waals surface area contributed by atoms with Gasteiger partial charge < -0.3 is 10.5 Å². The van der Waals surface area contributed by atoms with E-state index < -0.39 is 0 Å². The molecule has 122 valence electrons. The molecule has 1 saturated carbocycles. The van der Waals surface area contributed by atoms with Gasteiger partial charge in [0.2, 0.25) is 0 Å². The predicted octanol–water partition coefficient (Wildman–Crippen LogP) is 4.37. The summed E-state index contributed by atoms with van der Waals surface area (Å²) < 4.78 is 6.26. The third kappa shape index (κ3) is 3.61. The van der Waals surface area contributed by atoms with Gasteiger partial charge in [-0.3, -0.25) is 0 Å². The molecule has 0 amide bonds. The summed E-state index contributed by atoms with van der Waals surface area (Å²) in [6.07, 6.45) is 12.9. The largest absolute Gasteiger partial charge is 0.375 e. The smallest absolute Gasteiger partial charge is 0.0701 e. The van der Waals surface area contributed by atoms with Crippen LogP contribution in [0.5, 0.6) is 0 Å². The summed E-state index contributed by atoms with van der Waals surface area (Å²) in [5, 5.41) is 0. The summed E-state index contributed by atoms with van der Waals surface area (Å²) in [5.41, 5.74) is 7.23. The zero-order valence-electron chi connectivity index (χ0n) is 13.7. The summed E-state index contributed by atoms with van der Waals surface area (Å²) >= 11 is 2.09. The summed E-state index contributed by atoms with van der Waals surface area (Å²) in [6.45, 7) is 3.26. The molecule has 2 aliphatic heterocycles. The van der Waals surface area contributed by atoms with E-state index in [1.54, 1.807) is 0 Å². The van der Waals surface area contributed by atoms with Crippen LogP contribution in [0.3, 0.4) is 0 Å². The minimum absolute atomic E-state index is 0.117. The molecule has 0 radical (unpaired) electrons. The van der Waals surface area contributed by atoms with Crippen molar-refractivity contribution < 1.29 is 4.74 Å². The number of hydrogen-bond donors (Lipinski definition) is 1. The first-order chi connectivity index (χ1) is 10.2. The molecule has 3 rings (SSSR count). The lowest BCUT2D eigenvalue weighted by Gasteiger charge is -2.50. The second-order valence-corrected chi connectivity index (χ2v) is 9.02. The normalized spacial score (nSPS) is 40.3. The number of rotatable bonds is 3. The second kappa shape index (κ2) is 6.80. The molecule has 1 unspecified atom stereocenters. The van der Waals surface area contributed by atoms with Crippen molar-refractivity contribution in [1.29, 1.82) is 0 Å². The number of hydrogen-bond acceptors (Lipinski definition) is 3. The van der Waals surface area contributed by atoms with E-state index >= 15 is 0 Å². The van der Waals surface area contributed by atoms with Gasteiger partial charge in [-0.15, -0.1) is 0 Å². The maximum atomic E-state index is 6.92. The monoisotopic (exact) mass is 311 g/mol. The van der Waals surface area contributed by atoms with Crippen molar-refractivity contribution in [2.75, 3.05) is 18.1 Å². The van der Waals surface area contributed by atoms with Crippen molar-refractivity contribution in [3.8, 4) is 0 Å². The second-order valence-electron chi connectivity index (χ2n) is 7.80. The molecule has 0 bridgehead atoms. The average Bonchev–Trinajstić information content (AvgIpc) is 2.51. The highest BCUT2D eigenvalue weighted by Gasteiger charge is 2.46. The van der Waals surface area contributed by atoms with E-state index in [1.807, 2.05) is 0 Å². The molecule has 2 nitrogen and oxygen atoms in total. The molecular weight excluding hydrogens is 278 g/mol. The fourth-order valence-electron chi connectivity index (χ4n) is 4.93. The van der Waals surface area contributed by atoms with Crippen molar-refractivity contribution in [1.82, 2.24) is 0 Å². The Morgan fingerprint density at radius 1 is 1.10 bits per heavy atom. The molecule has 0 aromatic rings. The standard InChI is InChI=1S/C18H33NOS/c1-2-3-15-4-7-18(19,8-5-15)16-6-11-20-17(14-16)9-12-21-13-10-17/h15-16H,2-14,19H2,1H3. The van der Waals surface area contributed by atoms with Crippen LogP contribution in [-0.2, 0) is 4.74 Å². The summed E-state index contributed by atoms with van der Waals surface area (Å²) in [5.74, 6) is 4.22. The Balaban J connectivity index is 1.60. The molecule has 2 heterocycles. The fraction of sp³-hybridized carbons (Fsp3) is 1.00. The third-order valence-corrected chi connectivity index (χ3v) is 7.43. The van der Waals surface area contributed by atoms with Gasteiger partial charge in [-0.25, -0.2) is 0 Å². The molecule has 21 heavy (non-hydrogen) atoms.